The highest BCUT2D eigenvalue weighted by atomic mass is 15.0. The van der Waals surface area contributed by atoms with Crippen LogP contribution in [0.4, 0.5) is 5.82 Å². The van der Waals surface area contributed by atoms with E-state index in [1.54, 1.807) is 4.57 Å². The maximum Gasteiger partial charge on any atom is 0.157 e. The molecule has 0 amide bonds. The highest BCUT2D eigenvalue weighted by Gasteiger charge is 1.96. The van der Waals surface area contributed by atoms with E-state index in [4.69, 9.17) is 5.73 Å². The maximum atomic E-state index is 9.01. The highest BCUT2D eigenvalue weighted by Crippen LogP contribution is 2.10. The quantitative estimate of drug-likeness (QED) is 0.474. The first-order valence-corrected chi connectivity index (χ1v) is 2.52. The fourth-order valence-electron chi connectivity index (χ4n) is 0.647. The third-order valence-electron chi connectivity index (χ3n) is 1.23. The van der Waals surface area contributed by atoms with E-state index < -0.39 is 0 Å². The summed E-state index contributed by atoms with van der Waals surface area (Å²) >= 11 is 0. The molecule has 2 radical (unpaired) electrons. The molecule has 0 N–H and O–H groups in total. The van der Waals surface area contributed by atoms with Gasteiger partial charge in [-0.2, -0.15) is 0 Å². The minimum absolute atomic E-state index is 0.352. The van der Waals surface area contributed by atoms with Crippen molar-refractivity contribution in [3.05, 3.63) is 17.8 Å². The second-order valence-corrected chi connectivity index (χ2v) is 1.93. The van der Waals surface area contributed by atoms with Gasteiger partial charge in [-0.3, -0.25) is 0 Å². The van der Waals surface area contributed by atoms with E-state index in [9.17, 15) is 0 Å². The molecule has 0 aliphatic heterocycles. The van der Waals surface area contributed by atoms with Gasteiger partial charge in [0.2, 0.25) is 0 Å². The fraction of sp³-hybridized carbons (Fsp3) is 0.333. The van der Waals surface area contributed by atoms with E-state index in [1.165, 1.54) is 0 Å². The molecule has 1 heterocycles. The minimum Gasteiger partial charge on any atom is -0.334 e. The van der Waals surface area contributed by atoms with Crippen LogP contribution in [-0.2, 0) is 7.05 Å². The Bertz CT molecular complexity index is 169. The summed E-state index contributed by atoms with van der Waals surface area (Å²) in [5.74, 6) is 0.352. The Morgan fingerprint density at radius 1 is 1.62 bits per heavy atom. The Morgan fingerprint density at radius 3 is 2.38 bits per heavy atom. The standard InChI is InChI=1S/C6H8N2/c1-5-3-4-8(2)6(5)7/h3-4H,1-2H3. The van der Waals surface area contributed by atoms with Gasteiger partial charge in [0.15, 0.2) is 5.82 Å². The molecule has 1 aromatic heterocycles. The van der Waals surface area contributed by atoms with Crippen molar-refractivity contribution in [2.45, 2.75) is 6.92 Å². The van der Waals surface area contributed by atoms with Gasteiger partial charge in [0.1, 0.15) is 0 Å². The monoisotopic (exact) mass is 108 g/mol. The lowest BCUT2D eigenvalue weighted by Crippen LogP contribution is -1.84. The van der Waals surface area contributed by atoms with Crippen molar-refractivity contribution in [3.63, 3.8) is 0 Å². The number of hydrogen-bond acceptors (Lipinski definition) is 0. The molecule has 2 nitrogen and oxygen atoms in total. The van der Waals surface area contributed by atoms with Crippen LogP contribution in [0.3, 0.4) is 0 Å². The molecule has 2 heteroatoms. The van der Waals surface area contributed by atoms with Gasteiger partial charge in [-0.1, -0.05) is 0 Å². The first-order chi connectivity index (χ1) is 3.72. The van der Waals surface area contributed by atoms with Gasteiger partial charge >= 0.3 is 0 Å². The molecular formula is C6H8N2. The summed E-state index contributed by atoms with van der Waals surface area (Å²) in [7, 11) is 1.81. The summed E-state index contributed by atoms with van der Waals surface area (Å²) in [4.78, 5) is 0. The minimum atomic E-state index is 0.352. The second kappa shape index (κ2) is 1.54. The van der Waals surface area contributed by atoms with Crippen molar-refractivity contribution in [1.82, 2.24) is 10.3 Å². The summed E-state index contributed by atoms with van der Waals surface area (Å²) in [6, 6.07) is 1.87. The van der Waals surface area contributed by atoms with Crippen molar-refractivity contribution in [3.8, 4) is 0 Å². The van der Waals surface area contributed by atoms with Crippen LogP contribution < -0.4 is 5.73 Å². The average molecular weight is 108 g/mol. The van der Waals surface area contributed by atoms with E-state index in [0.717, 1.165) is 5.56 Å². The molecule has 0 aliphatic carbocycles. The van der Waals surface area contributed by atoms with Gasteiger partial charge in [-0.25, -0.2) is 0 Å². The third kappa shape index (κ3) is 0.579. The van der Waals surface area contributed by atoms with Crippen molar-refractivity contribution in [1.29, 1.82) is 0 Å². The molecule has 0 aliphatic rings. The van der Waals surface area contributed by atoms with Crippen LogP contribution in [0.2, 0.25) is 0 Å². The molecular weight excluding hydrogens is 100 g/mol. The molecule has 0 saturated carbocycles. The first-order valence-electron chi connectivity index (χ1n) is 2.52. The van der Waals surface area contributed by atoms with Crippen molar-refractivity contribution in [2.24, 2.45) is 7.05 Å². The van der Waals surface area contributed by atoms with Gasteiger partial charge in [-0.15, -0.1) is 5.73 Å². The summed E-state index contributed by atoms with van der Waals surface area (Å²) in [6.45, 7) is 1.87. The lowest BCUT2D eigenvalue weighted by atomic mass is 10.4. The van der Waals surface area contributed by atoms with Gasteiger partial charge in [0, 0.05) is 13.2 Å². The number of nitrogens with zero attached hydrogens (tertiary/aromatic N) is 2. The maximum absolute atomic E-state index is 9.01. The van der Waals surface area contributed by atoms with Crippen LogP contribution in [-0.4, -0.2) is 4.57 Å². The van der Waals surface area contributed by atoms with Crippen LogP contribution in [0.25, 0.3) is 0 Å². The van der Waals surface area contributed by atoms with Gasteiger partial charge in [0.25, 0.3) is 0 Å². The summed E-state index contributed by atoms with van der Waals surface area (Å²) in [6.07, 6.45) is 1.82. The van der Waals surface area contributed by atoms with E-state index in [0.29, 0.717) is 5.82 Å². The van der Waals surface area contributed by atoms with E-state index in [-0.39, 0.29) is 0 Å². The average Bonchev–Trinajstić information content (AvgIpc) is 1.98. The summed E-state index contributed by atoms with van der Waals surface area (Å²) in [5, 5.41) is 0. The van der Waals surface area contributed by atoms with Gasteiger partial charge in [0.05, 0.1) is 0 Å². The van der Waals surface area contributed by atoms with E-state index in [1.807, 2.05) is 26.2 Å². The van der Waals surface area contributed by atoms with Crippen molar-refractivity contribution >= 4 is 5.82 Å². The van der Waals surface area contributed by atoms with Crippen LogP contribution in [0, 0.1) is 6.92 Å². The summed E-state index contributed by atoms with van der Waals surface area (Å²) < 4.78 is 1.68. The van der Waals surface area contributed by atoms with Crippen LogP contribution in [0.5, 0.6) is 0 Å². The molecule has 0 bridgehead atoms. The smallest absolute Gasteiger partial charge is 0.157 e. The fourth-order valence-corrected chi connectivity index (χ4v) is 0.647. The molecule has 42 valence electrons. The Balaban J connectivity index is 3.19. The third-order valence-corrected chi connectivity index (χ3v) is 1.23. The van der Waals surface area contributed by atoms with E-state index >= 15 is 0 Å². The van der Waals surface area contributed by atoms with E-state index in [2.05, 4.69) is 0 Å². The number of aryl methyl sites for hydroxylation is 2. The first kappa shape index (κ1) is 5.22. The molecule has 8 heavy (non-hydrogen) atoms. The Hall–Kier alpha value is -0.920. The molecule has 1 rings (SSSR count). The predicted octanol–water partition coefficient (Wildman–Crippen LogP) is 1.03. The van der Waals surface area contributed by atoms with Crippen LogP contribution >= 0.6 is 0 Å². The van der Waals surface area contributed by atoms with Gasteiger partial charge in [-0.05, 0) is 18.6 Å². The largest absolute Gasteiger partial charge is 0.334 e. The lowest BCUT2D eigenvalue weighted by Gasteiger charge is -1.89. The Morgan fingerprint density at radius 2 is 2.25 bits per heavy atom. The molecule has 0 aromatic carbocycles. The number of hydrogen-bond donors (Lipinski definition) is 0. The Labute approximate surface area is 48.9 Å². The molecule has 0 atom stereocenters. The van der Waals surface area contributed by atoms with Crippen molar-refractivity contribution < 1.29 is 0 Å². The van der Waals surface area contributed by atoms with Crippen LogP contribution in [0.1, 0.15) is 5.56 Å². The molecule has 0 spiro atoms. The normalized spacial score (nSPS) is 9.75. The van der Waals surface area contributed by atoms with Crippen LogP contribution in [0.15, 0.2) is 12.3 Å². The predicted molar refractivity (Wildman–Crippen MR) is 31.9 cm³/mol. The molecule has 1 aromatic rings. The summed E-state index contributed by atoms with van der Waals surface area (Å²) in [5.41, 5.74) is 9.93. The van der Waals surface area contributed by atoms with Gasteiger partial charge < -0.3 is 4.57 Å². The number of rotatable bonds is 0. The van der Waals surface area contributed by atoms with Crippen molar-refractivity contribution in [2.75, 3.05) is 0 Å². The lowest BCUT2D eigenvalue weighted by molar-refractivity contribution is 0.916. The molecule has 0 unspecified atom stereocenters. The Kier molecular flexibility index (Phi) is 1.01. The zero-order valence-corrected chi connectivity index (χ0v) is 5.05. The SMILES string of the molecule is Cc1ccn(C)c1[N]. The molecule has 0 fully saturated rings. The topological polar surface area (TPSA) is 27.2 Å². The molecule has 0 saturated heterocycles. The second-order valence-electron chi connectivity index (χ2n) is 1.93. The number of aromatic nitrogens is 1. The highest BCUT2D eigenvalue weighted by molar-refractivity contribution is 5.36. The zero-order valence-electron chi connectivity index (χ0n) is 5.05. The zero-order chi connectivity index (χ0) is 6.15.